The summed E-state index contributed by atoms with van der Waals surface area (Å²) in [4.78, 5) is 17.0. The number of hydrogen-bond acceptors (Lipinski definition) is 4. The van der Waals surface area contributed by atoms with Crippen LogP contribution < -0.4 is 10.6 Å². The van der Waals surface area contributed by atoms with E-state index >= 15 is 0 Å². The van der Waals surface area contributed by atoms with Crippen molar-refractivity contribution in [3.63, 3.8) is 0 Å². The van der Waals surface area contributed by atoms with E-state index in [-0.39, 0.29) is 11.4 Å². The number of ether oxygens (including phenoxy) is 1. The summed E-state index contributed by atoms with van der Waals surface area (Å²) in [6, 6.07) is 3.67. The molecule has 0 bridgehead atoms. The molecule has 1 aliphatic heterocycles. The second-order valence-corrected chi connectivity index (χ2v) is 5.79. The van der Waals surface area contributed by atoms with Gasteiger partial charge < -0.3 is 15.4 Å². The van der Waals surface area contributed by atoms with Gasteiger partial charge in [-0.2, -0.15) is 0 Å². The highest BCUT2D eigenvalue weighted by Gasteiger charge is 2.29. The largest absolute Gasteiger partial charge is 0.379 e. The molecule has 2 heterocycles. The Hall–Kier alpha value is -1.62. The first kappa shape index (κ1) is 15.8. The predicted molar refractivity (Wildman–Crippen MR) is 83.7 cm³/mol. The maximum atomic E-state index is 12.5. The van der Waals surface area contributed by atoms with Gasteiger partial charge in [0, 0.05) is 24.4 Å². The second-order valence-electron chi connectivity index (χ2n) is 5.79. The molecule has 5 nitrogen and oxygen atoms in total. The van der Waals surface area contributed by atoms with E-state index in [4.69, 9.17) is 4.74 Å². The number of nitrogens with one attached hydrogen (secondary N) is 2. The van der Waals surface area contributed by atoms with Crippen LogP contribution in [0.2, 0.25) is 0 Å². The monoisotopic (exact) mass is 291 g/mol. The summed E-state index contributed by atoms with van der Waals surface area (Å²) in [6.45, 7) is 8.23. The number of rotatable bonds is 5. The first-order chi connectivity index (χ1) is 10.1. The van der Waals surface area contributed by atoms with E-state index in [2.05, 4.69) is 15.6 Å². The Bertz CT molecular complexity index is 496. The van der Waals surface area contributed by atoms with Crippen molar-refractivity contribution in [2.75, 3.05) is 25.1 Å². The van der Waals surface area contributed by atoms with Gasteiger partial charge in [-0.3, -0.25) is 4.79 Å². The molecule has 0 radical (unpaired) electrons. The van der Waals surface area contributed by atoms with Gasteiger partial charge in [-0.1, -0.05) is 6.92 Å². The number of carbonyl (C=O) groups excluding carboxylic acids is 1. The number of nitrogens with zero attached hydrogens (tertiary/aromatic N) is 1. The number of anilines is 1. The molecule has 1 unspecified atom stereocenters. The zero-order valence-corrected chi connectivity index (χ0v) is 13.2. The molecule has 1 atom stereocenters. The summed E-state index contributed by atoms with van der Waals surface area (Å²) in [5.41, 5.74) is 1.30. The van der Waals surface area contributed by atoms with Crippen LogP contribution in [0.3, 0.4) is 0 Å². The molecule has 1 saturated heterocycles. The lowest BCUT2D eigenvalue weighted by Crippen LogP contribution is -2.51. The molecule has 2 rings (SSSR count). The van der Waals surface area contributed by atoms with Crippen LogP contribution in [-0.4, -0.2) is 36.2 Å². The summed E-state index contributed by atoms with van der Waals surface area (Å²) >= 11 is 0. The molecule has 1 amide bonds. The fraction of sp³-hybridized carbons (Fsp3) is 0.625. The molecule has 0 spiro atoms. The number of hydrogen-bond donors (Lipinski definition) is 2. The van der Waals surface area contributed by atoms with Crippen LogP contribution in [0, 0.1) is 0 Å². The summed E-state index contributed by atoms with van der Waals surface area (Å²) in [7, 11) is 0. The molecular formula is C16H25N3O2. The number of pyridine rings is 1. The lowest BCUT2D eigenvalue weighted by atomic mass is 9.94. The van der Waals surface area contributed by atoms with Crippen molar-refractivity contribution in [2.24, 2.45) is 0 Å². The third-order valence-corrected chi connectivity index (χ3v) is 3.71. The molecule has 0 aliphatic carbocycles. The smallest absolute Gasteiger partial charge is 0.251 e. The number of carbonyl (C=O) groups is 1. The van der Waals surface area contributed by atoms with Crippen LogP contribution in [0.4, 0.5) is 5.82 Å². The van der Waals surface area contributed by atoms with Gasteiger partial charge in [0.25, 0.3) is 5.91 Å². The Balaban J connectivity index is 2.15. The Labute approximate surface area is 126 Å². The van der Waals surface area contributed by atoms with Crippen molar-refractivity contribution in [2.45, 2.75) is 45.6 Å². The molecule has 1 aromatic rings. The Morgan fingerprint density at radius 1 is 1.43 bits per heavy atom. The quantitative estimate of drug-likeness (QED) is 0.874. The van der Waals surface area contributed by atoms with Crippen molar-refractivity contribution in [3.8, 4) is 0 Å². The van der Waals surface area contributed by atoms with Crippen molar-refractivity contribution >= 4 is 11.7 Å². The molecule has 116 valence electrons. The second kappa shape index (κ2) is 6.89. The average Bonchev–Trinajstić information content (AvgIpc) is 2.47. The molecule has 1 aromatic heterocycles. The zero-order chi connectivity index (χ0) is 15.3. The highest BCUT2D eigenvalue weighted by Crippen LogP contribution is 2.20. The van der Waals surface area contributed by atoms with E-state index in [0.717, 1.165) is 43.9 Å². The summed E-state index contributed by atoms with van der Waals surface area (Å²) in [6.07, 6.45) is 2.74. The topological polar surface area (TPSA) is 63.2 Å². The first-order valence-corrected chi connectivity index (χ1v) is 7.71. The fourth-order valence-corrected chi connectivity index (χ4v) is 2.55. The zero-order valence-electron chi connectivity index (χ0n) is 13.2. The summed E-state index contributed by atoms with van der Waals surface area (Å²) in [5.74, 6) is 0.700. The third-order valence-electron chi connectivity index (χ3n) is 3.71. The van der Waals surface area contributed by atoms with Crippen molar-refractivity contribution in [3.05, 3.63) is 23.4 Å². The van der Waals surface area contributed by atoms with Crippen molar-refractivity contribution < 1.29 is 9.53 Å². The fourth-order valence-electron chi connectivity index (χ4n) is 2.55. The highest BCUT2D eigenvalue weighted by molar-refractivity contribution is 5.95. The van der Waals surface area contributed by atoms with E-state index < -0.39 is 0 Å². The number of aryl methyl sites for hydroxylation is 1. The van der Waals surface area contributed by atoms with Gasteiger partial charge in [-0.25, -0.2) is 4.98 Å². The molecule has 0 saturated carbocycles. The SMILES string of the molecule is CCNc1cc(C(=O)NC2(C)CCCOC2)cc(CC)n1. The lowest BCUT2D eigenvalue weighted by Gasteiger charge is -2.34. The van der Waals surface area contributed by atoms with E-state index in [1.54, 1.807) is 0 Å². The Morgan fingerprint density at radius 2 is 2.24 bits per heavy atom. The van der Waals surface area contributed by atoms with Gasteiger partial charge in [0.2, 0.25) is 0 Å². The molecule has 2 N–H and O–H groups in total. The van der Waals surface area contributed by atoms with Gasteiger partial charge in [0.05, 0.1) is 12.1 Å². The molecular weight excluding hydrogens is 266 g/mol. The van der Waals surface area contributed by atoms with Gasteiger partial charge in [-0.15, -0.1) is 0 Å². The van der Waals surface area contributed by atoms with E-state index in [0.29, 0.717) is 12.2 Å². The summed E-state index contributed by atoms with van der Waals surface area (Å²) in [5, 5.41) is 6.29. The van der Waals surface area contributed by atoms with Crippen molar-refractivity contribution in [1.29, 1.82) is 0 Å². The van der Waals surface area contributed by atoms with Crippen molar-refractivity contribution in [1.82, 2.24) is 10.3 Å². The Kier molecular flexibility index (Phi) is 5.17. The van der Waals surface area contributed by atoms with Gasteiger partial charge in [0.15, 0.2) is 0 Å². The normalized spacial score (nSPS) is 21.9. The molecule has 1 aliphatic rings. The van der Waals surface area contributed by atoms with Crippen LogP contribution >= 0.6 is 0 Å². The standard InChI is InChI=1S/C16H25N3O2/c1-4-13-9-12(10-14(18-13)17-5-2)15(20)19-16(3)7-6-8-21-11-16/h9-10H,4-8,11H2,1-3H3,(H,17,18)(H,19,20). The highest BCUT2D eigenvalue weighted by atomic mass is 16.5. The maximum absolute atomic E-state index is 12.5. The minimum atomic E-state index is -0.274. The van der Waals surface area contributed by atoms with Crippen LogP contribution in [0.1, 0.15) is 49.7 Å². The van der Waals surface area contributed by atoms with E-state index in [1.807, 2.05) is 32.9 Å². The minimum Gasteiger partial charge on any atom is -0.379 e. The van der Waals surface area contributed by atoms with E-state index in [1.165, 1.54) is 0 Å². The lowest BCUT2D eigenvalue weighted by molar-refractivity contribution is 0.0272. The van der Waals surface area contributed by atoms with Crippen LogP contribution in [0.25, 0.3) is 0 Å². The molecule has 0 aromatic carbocycles. The van der Waals surface area contributed by atoms with Gasteiger partial charge in [0.1, 0.15) is 5.82 Å². The first-order valence-electron chi connectivity index (χ1n) is 7.71. The molecule has 21 heavy (non-hydrogen) atoms. The van der Waals surface area contributed by atoms with Gasteiger partial charge >= 0.3 is 0 Å². The third kappa shape index (κ3) is 4.17. The maximum Gasteiger partial charge on any atom is 0.251 e. The molecule has 1 fully saturated rings. The molecule has 5 heteroatoms. The van der Waals surface area contributed by atoms with Crippen LogP contribution in [0.15, 0.2) is 12.1 Å². The predicted octanol–water partition coefficient (Wildman–Crippen LogP) is 2.37. The number of amides is 1. The van der Waals surface area contributed by atoms with Crippen LogP contribution in [-0.2, 0) is 11.2 Å². The average molecular weight is 291 g/mol. The van der Waals surface area contributed by atoms with Crippen LogP contribution in [0.5, 0.6) is 0 Å². The minimum absolute atomic E-state index is 0.0562. The Morgan fingerprint density at radius 3 is 2.86 bits per heavy atom. The van der Waals surface area contributed by atoms with Gasteiger partial charge in [-0.05, 0) is 45.2 Å². The summed E-state index contributed by atoms with van der Waals surface area (Å²) < 4.78 is 5.49. The number of aromatic nitrogens is 1. The van der Waals surface area contributed by atoms with E-state index in [9.17, 15) is 4.79 Å².